The van der Waals surface area contributed by atoms with Crippen LogP contribution in [-0.4, -0.2) is 34.2 Å². The number of nitrogens with zero attached hydrogens (tertiary/aromatic N) is 2. The van der Waals surface area contributed by atoms with Crippen molar-refractivity contribution in [2.75, 3.05) is 6.61 Å². The molecule has 1 saturated heterocycles. The van der Waals surface area contributed by atoms with Crippen LogP contribution in [0.1, 0.15) is 31.7 Å². The Kier molecular flexibility index (Phi) is 4.94. The van der Waals surface area contributed by atoms with Gasteiger partial charge in [0, 0.05) is 19.6 Å². The second-order valence-electron chi connectivity index (χ2n) is 6.37. The smallest absolute Gasteiger partial charge is 0.261 e. The quantitative estimate of drug-likeness (QED) is 0.907. The highest BCUT2D eigenvalue weighted by Crippen LogP contribution is 2.15. The Morgan fingerprint density at radius 2 is 2.33 bits per heavy atom. The second kappa shape index (κ2) is 7.13. The Bertz CT molecular complexity index is 794. The predicted octanol–water partition coefficient (Wildman–Crippen LogP) is 1.78. The van der Waals surface area contributed by atoms with Crippen molar-refractivity contribution in [3.63, 3.8) is 0 Å². The SMILES string of the molecule is Cc1cccc2c(=O)n(CCC(=O)N[C@@H](C)[C@@H]3CCCO3)cnc12. The van der Waals surface area contributed by atoms with Gasteiger partial charge >= 0.3 is 0 Å². The molecule has 0 aliphatic carbocycles. The van der Waals surface area contributed by atoms with E-state index in [0.29, 0.717) is 11.9 Å². The summed E-state index contributed by atoms with van der Waals surface area (Å²) in [4.78, 5) is 29.0. The van der Waals surface area contributed by atoms with E-state index in [0.717, 1.165) is 30.5 Å². The highest BCUT2D eigenvalue weighted by molar-refractivity contribution is 5.80. The molecule has 0 radical (unpaired) electrons. The summed E-state index contributed by atoms with van der Waals surface area (Å²) in [5, 5.41) is 3.55. The Morgan fingerprint density at radius 1 is 1.50 bits per heavy atom. The average Bonchev–Trinajstić information content (AvgIpc) is 3.09. The van der Waals surface area contributed by atoms with Gasteiger partial charge in [-0.2, -0.15) is 0 Å². The summed E-state index contributed by atoms with van der Waals surface area (Å²) < 4.78 is 7.08. The standard InChI is InChI=1S/C18H23N3O3/c1-12-5-3-6-14-17(12)19-11-21(18(14)23)9-8-16(22)20-13(2)15-7-4-10-24-15/h3,5-6,11,13,15H,4,7-10H2,1-2H3,(H,20,22)/t13-,15-/m0/s1. The van der Waals surface area contributed by atoms with Crippen LogP contribution in [0.25, 0.3) is 10.9 Å². The molecule has 6 heteroatoms. The fourth-order valence-electron chi connectivity index (χ4n) is 3.13. The summed E-state index contributed by atoms with van der Waals surface area (Å²) in [5.74, 6) is -0.0748. The zero-order valence-electron chi connectivity index (χ0n) is 14.1. The van der Waals surface area contributed by atoms with Crippen LogP contribution in [0.3, 0.4) is 0 Å². The van der Waals surface area contributed by atoms with Crippen molar-refractivity contribution in [3.05, 3.63) is 40.4 Å². The number of hydrogen-bond acceptors (Lipinski definition) is 4. The molecule has 0 bridgehead atoms. The molecule has 6 nitrogen and oxygen atoms in total. The molecule has 3 rings (SSSR count). The zero-order valence-corrected chi connectivity index (χ0v) is 14.1. The van der Waals surface area contributed by atoms with E-state index in [1.165, 1.54) is 10.9 Å². The number of para-hydroxylation sites is 1. The molecule has 1 aromatic carbocycles. The first-order valence-electron chi connectivity index (χ1n) is 8.42. The third-order valence-corrected chi connectivity index (χ3v) is 4.55. The fraction of sp³-hybridized carbons (Fsp3) is 0.500. The number of aromatic nitrogens is 2. The van der Waals surface area contributed by atoms with Crippen molar-refractivity contribution in [3.8, 4) is 0 Å². The van der Waals surface area contributed by atoms with Crippen molar-refractivity contribution < 1.29 is 9.53 Å². The maximum Gasteiger partial charge on any atom is 0.261 e. The molecule has 1 aliphatic rings. The van der Waals surface area contributed by atoms with Crippen LogP contribution in [-0.2, 0) is 16.1 Å². The van der Waals surface area contributed by atoms with E-state index in [4.69, 9.17) is 4.74 Å². The van der Waals surface area contributed by atoms with E-state index < -0.39 is 0 Å². The third-order valence-electron chi connectivity index (χ3n) is 4.55. The zero-order chi connectivity index (χ0) is 17.1. The first-order valence-corrected chi connectivity index (χ1v) is 8.42. The Labute approximate surface area is 140 Å². The number of ether oxygens (including phenoxy) is 1. The summed E-state index contributed by atoms with van der Waals surface area (Å²) >= 11 is 0. The lowest BCUT2D eigenvalue weighted by Crippen LogP contribution is -2.41. The molecule has 128 valence electrons. The molecule has 1 N–H and O–H groups in total. The molecule has 0 saturated carbocycles. The van der Waals surface area contributed by atoms with Crippen molar-refractivity contribution >= 4 is 16.8 Å². The molecular weight excluding hydrogens is 306 g/mol. The molecule has 1 aromatic heterocycles. The number of benzene rings is 1. The van der Waals surface area contributed by atoms with Gasteiger partial charge in [0.2, 0.25) is 5.91 Å². The van der Waals surface area contributed by atoms with E-state index >= 15 is 0 Å². The largest absolute Gasteiger partial charge is 0.376 e. The number of hydrogen-bond donors (Lipinski definition) is 1. The molecule has 0 unspecified atom stereocenters. The molecule has 1 aliphatic heterocycles. The first kappa shape index (κ1) is 16.6. The maximum absolute atomic E-state index is 12.5. The highest BCUT2D eigenvalue weighted by Gasteiger charge is 2.23. The topological polar surface area (TPSA) is 73.2 Å². The summed E-state index contributed by atoms with van der Waals surface area (Å²) in [7, 11) is 0. The van der Waals surface area contributed by atoms with Crippen LogP contribution in [0.2, 0.25) is 0 Å². The molecule has 2 aromatic rings. The van der Waals surface area contributed by atoms with Crippen LogP contribution in [0.5, 0.6) is 0 Å². The number of nitrogens with one attached hydrogen (secondary N) is 1. The minimum Gasteiger partial charge on any atom is -0.376 e. The van der Waals surface area contributed by atoms with Crippen molar-refractivity contribution in [1.82, 2.24) is 14.9 Å². The number of aryl methyl sites for hydroxylation is 2. The van der Waals surface area contributed by atoms with Gasteiger partial charge in [0.1, 0.15) is 0 Å². The number of rotatable bonds is 5. The van der Waals surface area contributed by atoms with Gasteiger partial charge in [0.05, 0.1) is 29.4 Å². The normalized spacial score (nSPS) is 18.7. The monoisotopic (exact) mass is 329 g/mol. The predicted molar refractivity (Wildman–Crippen MR) is 91.9 cm³/mol. The highest BCUT2D eigenvalue weighted by atomic mass is 16.5. The first-order chi connectivity index (χ1) is 11.6. The Morgan fingerprint density at radius 3 is 3.08 bits per heavy atom. The van der Waals surface area contributed by atoms with Gasteiger partial charge in [0.25, 0.3) is 5.56 Å². The van der Waals surface area contributed by atoms with Gasteiger partial charge in [-0.1, -0.05) is 12.1 Å². The lowest BCUT2D eigenvalue weighted by Gasteiger charge is -2.20. The van der Waals surface area contributed by atoms with Crippen LogP contribution >= 0.6 is 0 Å². The third kappa shape index (κ3) is 3.48. The number of carbonyl (C=O) groups excluding carboxylic acids is 1. The van der Waals surface area contributed by atoms with Crippen LogP contribution in [0.4, 0.5) is 0 Å². The van der Waals surface area contributed by atoms with Crippen LogP contribution in [0.15, 0.2) is 29.3 Å². The van der Waals surface area contributed by atoms with E-state index in [9.17, 15) is 9.59 Å². The summed E-state index contributed by atoms with van der Waals surface area (Å²) in [6.45, 7) is 4.97. The second-order valence-corrected chi connectivity index (χ2v) is 6.37. The maximum atomic E-state index is 12.5. The summed E-state index contributed by atoms with van der Waals surface area (Å²) in [6.07, 6.45) is 3.89. The molecule has 2 atom stereocenters. The molecular formula is C18H23N3O3. The van der Waals surface area contributed by atoms with Crippen LogP contribution < -0.4 is 10.9 Å². The average molecular weight is 329 g/mol. The van der Waals surface area contributed by atoms with E-state index in [-0.39, 0.29) is 30.0 Å². The minimum absolute atomic E-state index is 0.00546. The van der Waals surface area contributed by atoms with Crippen molar-refractivity contribution in [1.29, 1.82) is 0 Å². The van der Waals surface area contributed by atoms with Gasteiger partial charge in [-0.3, -0.25) is 14.2 Å². The Hall–Kier alpha value is -2.21. The number of fused-ring (bicyclic) bond motifs is 1. The fourth-order valence-corrected chi connectivity index (χ4v) is 3.13. The minimum atomic E-state index is -0.108. The molecule has 0 spiro atoms. The molecule has 2 heterocycles. The summed E-state index contributed by atoms with van der Waals surface area (Å²) in [6, 6.07) is 5.54. The van der Waals surface area contributed by atoms with Gasteiger partial charge in [0.15, 0.2) is 0 Å². The molecule has 1 amide bonds. The van der Waals surface area contributed by atoms with Crippen molar-refractivity contribution in [2.45, 2.75) is 51.8 Å². The van der Waals surface area contributed by atoms with Crippen molar-refractivity contribution in [2.24, 2.45) is 0 Å². The Balaban J connectivity index is 1.64. The van der Waals surface area contributed by atoms with Gasteiger partial charge in [-0.05, 0) is 38.3 Å². The molecule has 1 fully saturated rings. The lowest BCUT2D eigenvalue weighted by molar-refractivity contribution is -0.122. The molecule has 24 heavy (non-hydrogen) atoms. The van der Waals surface area contributed by atoms with E-state index in [1.807, 2.05) is 26.0 Å². The van der Waals surface area contributed by atoms with Gasteiger partial charge in [-0.15, -0.1) is 0 Å². The van der Waals surface area contributed by atoms with E-state index in [1.54, 1.807) is 6.07 Å². The van der Waals surface area contributed by atoms with Gasteiger partial charge < -0.3 is 10.1 Å². The van der Waals surface area contributed by atoms with E-state index in [2.05, 4.69) is 10.3 Å². The van der Waals surface area contributed by atoms with Crippen LogP contribution in [0, 0.1) is 6.92 Å². The number of carbonyl (C=O) groups is 1. The number of amides is 1. The van der Waals surface area contributed by atoms with Gasteiger partial charge in [-0.25, -0.2) is 4.98 Å². The summed E-state index contributed by atoms with van der Waals surface area (Å²) in [5.41, 5.74) is 1.58. The lowest BCUT2D eigenvalue weighted by atomic mass is 10.1.